The largest absolute Gasteiger partial charge is 0.348 e. The van der Waals surface area contributed by atoms with Crippen molar-refractivity contribution in [1.82, 2.24) is 15.6 Å². The van der Waals surface area contributed by atoms with E-state index >= 15 is 0 Å². The monoisotopic (exact) mass is 303 g/mol. The lowest BCUT2D eigenvalue weighted by Crippen LogP contribution is -2.45. The van der Waals surface area contributed by atoms with Crippen LogP contribution < -0.4 is 10.6 Å². The normalized spacial score (nSPS) is 18.7. The smallest absolute Gasteiger partial charge is 0.252 e. The molecule has 0 unspecified atom stereocenters. The Kier molecular flexibility index (Phi) is 4.08. The van der Waals surface area contributed by atoms with Gasteiger partial charge in [0.15, 0.2) is 0 Å². The number of nitrogens with one attached hydrogen (secondary N) is 2. The van der Waals surface area contributed by atoms with E-state index in [1.807, 2.05) is 19.1 Å². The highest BCUT2D eigenvalue weighted by Gasteiger charge is 2.18. The Morgan fingerprint density at radius 1 is 1.43 bits per heavy atom. The number of carbonyl (C=O) groups excluding carboxylic acids is 1. The summed E-state index contributed by atoms with van der Waals surface area (Å²) in [5.74, 6) is -0.0542. The third-order valence-electron chi connectivity index (χ3n) is 3.78. The fraction of sp³-hybridized carbons (Fsp3) is 0.375. The second-order valence-corrected chi connectivity index (χ2v) is 5.93. The van der Waals surface area contributed by atoms with Crippen LogP contribution in [0, 0.1) is 6.92 Å². The Balaban J connectivity index is 1.94. The second-order valence-electron chi connectivity index (χ2n) is 5.49. The molecule has 0 aliphatic carbocycles. The number of pyridine rings is 1. The molecule has 1 saturated heterocycles. The van der Waals surface area contributed by atoms with E-state index in [1.165, 1.54) is 0 Å². The molecule has 0 radical (unpaired) electrons. The first-order valence-corrected chi connectivity index (χ1v) is 7.60. The molecule has 1 aliphatic heterocycles. The van der Waals surface area contributed by atoms with Crippen molar-refractivity contribution in [3.8, 4) is 0 Å². The van der Waals surface area contributed by atoms with Gasteiger partial charge in [-0.1, -0.05) is 11.6 Å². The molecule has 1 aliphatic rings. The van der Waals surface area contributed by atoms with Crippen molar-refractivity contribution in [3.63, 3.8) is 0 Å². The molecule has 0 bridgehead atoms. The summed E-state index contributed by atoms with van der Waals surface area (Å²) in [5.41, 5.74) is 2.27. The topological polar surface area (TPSA) is 54.0 Å². The standard InChI is InChI=1S/C16H18ClN3O/c1-10-7-14(13-8-11(17)4-5-15(13)19-10)16(21)20-12-3-2-6-18-9-12/h4-5,7-8,12,18H,2-3,6,9H2,1H3,(H,20,21)/t12-/m1/s1. The minimum atomic E-state index is -0.0542. The summed E-state index contributed by atoms with van der Waals surface area (Å²) in [6, 6.07) is 7.46. The van der Waals surface area contributed by atoms with Crippen molar-refractivity contribution in [2.75, 3.05) is 13.1 Å². The van der Waals surface area contributed by atoms with E-state index in [2.05, 4.69) is 15.6 Å². The molecular formula is C16H18ClN3O. The number of benzene rings is 1. The number of hydrogen-bond acceptors (Lipinski definition) is 3. The van der Waals surface area contributed by atoms with Gasteiger partial charge in [0, 0.05) is 28.7 Å². The third kappa shape index (κ3) is 3.17. The van der Waals surface area contributed by atoms with Crippen LogP contribution in [0.5, 0.6) is 0 Å². The number of aromatic nitrogens is 1. The average molecular weight is 304 g/mol. The zero-order valence-electron chi connectivity index (χ0n) is 11.9. The summed E-state index contributed by atoms with van der Waals surface area (Å²) in [5, 5.41) is 7.82. The molecule has 4 nitrogen and oxygen atoms in total. The van der Waals surface area contributed by atoms with Gasteiger partial charge in [-0.3, -0.25) is 9.78 Å². The first-order valence-electron chi connectivity index (χ1n) is 7.22. The molecule has 1 aromatic heterocycles. The number of hydrogen-bond donors (Lipinski definition) is 2. The number of halogens is 1. The van der Waals surface area contributed by atoms with Gasteiger partial charge < -0.3 is 10.6 Å². The molecule has 1 aromatic carbocycles. The fourth-order valence-corrected chi connectivity index (χ4v) is 2.93. The van der Waals surface area contributed by atoms with E-state index in [0.717, 1.165) is 42.5 Å². The molecule has 2 aromatic rings. The molecule has 2 heterocycles. The molecule has 110 valence electrons. The number of carbonyl (C=O) groups is 1. The van der Waals surface area contributed by atoms with Crippen LogP contribution in [0.2, 0.25) is 5.02 Å². The van der Waals surface area contributed by atoms with Crippen LogP contribution in [-0.4, -0.2) is 30.0 Å². The lowest BCUT2D eigenvalue weighted by molar-refractivity contribution is 0.0932. The van der Waals surface area contributed by atoms with E-state index in [0.29, 0.717) is 10.6 Å². The van der Waals surface area contributed by atoms with Gasteiger partial charge in [-0.25, -0.2) is 0 Å². The van der Waals surface area contributed by atoms with Gasteiger partial charge in [-0.15, -0.1) is 0 Å². The molecule has 0 saturated carbocycles. The molecule has 1 amide bonds. The van der Waals surface area contributed by atoms with Crippen LogP contribution in [0.1, 0.15) is 28.9 Å². The van der Waals surface area contributed by atoms with Crippen molar-refractivity contribution >= 4 is 28.4 Å². The Hall–Kier alpha value is -1.65. The Morgan fingerprint density at radius 2 is 2.29 bits per heavy atom. The Morgan fingerprint density at radius 3 is 3.05 bits per heavy atom. The van der Waals surface area contributed by atoms with Crippen LogP contribution in [0.25, 0.3) is 10.9 Å². The summed E-state index contributed by atoms with van der Waals surface area (Å²) < 4.78 is 0. The molecular weight excluding hydrogens is 286 g/mol. The number of aryl methyl sites for hydroxylation is 1. The molecule has 3 rings (SSSR count). The average Bonchev–Trinajstić information content (AvgIpc) is 2.48. The first-order chi connectivity index (χ1) is 10.1. The zero-order chi connectivity index (χ0) is 14.8. The SMILES string of the molecule is Cc1cc(C(=O)N[C@@H]2CCCNC2)c2cc(Cl)ccc2n1. The number of piperidine rings is 1. The minimum Gasteiger partial charge on any atom is -0.348 e. The molecule has 0 spiro atoms. The third-order valence-corrected chi connectivity index (χ3v) is 4.01. The predicted octanol–water partition coefficient (Wildman–Crippen LogP) is 2.68. The molecule has 21 heavy (non-hydrogen) atoms. The summed E-state index contributed by atoms with van der Waals surface area (Å²) in [7, 11) is 0. The predicted molar refractivity (Wildman–Crippen MR) is 84.8 cm³/mol. The van der Waals surface area contributed by atoms with Gasteiger partial charge in [0.25, 0.3) is 5.91 Å². The highest BCUT2D eigenvalue weighted by Crippen LogP contribution is 2.22. The minimum absolute atomic E-state index is 0.0542. The molecule has 1 fully saturated rings. The van der Waals surface area contributed by atoms with Crippen LogP contribution >= 0.6 is 11.6 Å². The molecule has 2 N–H and O–H groups in total. The summed E-state index contributed by atoms with van der Waals surface area (Å²) >= 11 is 6.06. The van der Waals surface area contributed by atoms with Gasteiger partial charge in [0.1, 0.15) is 0 Å². The van der Waals surface area contributed by atoms with Crippen LogP contribution in [0.3, 0.4) is 0 Å². The van der Waals surface area contributed by atoms with Gasteiger partial charge >= 0.3 is 0 Å². The van der Waals surface area contributed by atoms with E-state index in [-0.39, 0.29) is 11.9 Å². The van der Waals surface area contributed by atoms with Crippen LogP contribution in [0.4, 0.5) is 0 Å². The van der Waals surface area contributed by atoms with Gasteiger partial charge in [0.2, 0.25) is 0 Å². The summed E-state index contributed by atoms with van der Waals surface area (Å²) in [4.78, 5) is 17.0. The number of amides is 1. The van der Waals surface area contributed by atoms with Crippen molar-refractivity contribution < 1.29 is 4.79 Å². The lowest BCUT2D eigenvalue weighted by Gasteiger charge is -2.24. The highest BCUT2D eigenvalue weighted by atomic mass is 35.5. The maximum atomic E-state index is 12.6. The van der Waals surface area contributed by atoms with E-state index < -0.39 is 0 Å². The maximum absolute atomic E-state index is 12.6. The summed E-state index contributed by atoms with van der Waals surface area (Å²) in [6.45, 7) is 3.75. The number of fused-ring (bicyclic) bond motifs is 1. The van der Waals surface area contributed by atoms with Gasteiger partial charge in [0.05, 0.1) is 11.1 Å². The summed E-state index contributed by atoms with van der Waals surface area (Å²) in [6.07, 6.45) is 2.11. The first kappa shape index (κ1) is 14.3. The van der Waals surface area contributed by atoms with Crippen molar-refractivity contribution in [2.45, 2.75) is 25.8 Å². The Bertz CT molecular complexity index is 681. The quantitative estimate of drug-likeness (QED) is 0.897. The number of nitrogens with zero attached hydrogens (tertiary/aromatic N) is 1. The van der Waals surface area contributed by atoms with Crippen molar-refractivity contribution in [1.29, 1.82) is 0 Å². The fourth-order valence-electron chi connectivity index (χ4n) is 2.76. The second kappa shape index (κ2) is 6.00. The number of rotatable bonds is 2. The van der Waals surface area contributed by atoms with E-state index in [9.17, 15) is 4.79 Å². The van der Waals surface area contributed by atoms with Gasteiger partial charge in [-0.2, -0.15) is 0 Å². The highest BCUT2D eigenvalue weighted by molar-refractivity contribution is 6.31. The Labute approximate surface area is 128 Å². The van der Waals surface area contributed by atoms with Gasteiger partial charge in [-0.05, 0) is 50.6 Å². The van der Waals surface area contributed by atoms with E-state index in [1.54, 1.807) is 12.1 Å². The van der Waals surface area contributed by atoms with Crippen LogP contribution in [0.15, 0.2) is 24.3 Å². The van der Waals surface area contributed by atoms with Crippen molar-refractivity contribution in [2.24, 2.45) is 0 Å². The van der Waals surface area contributed by atoms with Crippen LogP contribution in [-0.2, 0) is 0 Å². The van der Waals surface area contributed by atoms with E-state index in [4.69, 9.17) is 11.6 Å². The molecule has 1 atom stereocenters. The lowest BCUT2D eigenvalue weighted by atomic mass is 10.0. The zero-order valence-corrected chi connectivity index (χ0v) is 12.7. The maximum Gasteiger partial charge on any atom is 0.252 e. The molecule has 5 heteroatoms. The van der Waals surface area contributed by atoms with Crippen molar-refractivity contribution in [3.05, 3.63) is 40.5 Å².